The van der Waals surface area contributed by atoms with E-state index >= 15 is 0 Å². The number of aliphatic hydroxyl groups excluding tert-OH is 3. The summed E-state index contributed by atoms with van der Waals surface area (Å²) in [6.45, 7) is 5.21. The quantitative estimate of drug-likeness (QED) is 0.503. The van der Waals surface area contributed by atoms with E-state index in [0.29, 0.717) is 6.42 Å². The van der Waals surface area contributed by atoms with Gasteiger partial charge in [-0.1, -0.05) is 0 Å². The smallest absolute Gasteiger partial charge is 0.0879 e. The van der Waals surface area contributed by atoms with Gasteiger partial charge in [0, 0.05) is 12.5 Å². The molecule has 4 heteroatoms. The van der Waals surface area contributed by atoms with E-state index in [2.05, 4.69) is 0 Å². The molecule has 0 aromatic carbocycles. The Balaban J connectivity index is 2.52. The molecule has 0 bridgehead atoms. The van der Waals surface area contributed by atoms with Crippen LogP contribution in [0.4, 0.5) is 0 Å². The van der Waals surface area contributed by atoms with Crippen molar-refractivity contribution in [2.45, 2.75) is 24.7 Å². The van der Waals surface area contributed by atoms with Gasteiger partial charge in [0.1, 0.15) is 0 Å². The number of hydrogen-bond acceptors (Lipinski definition) is 4. The molecule has 0 aromatic rings. The summed E-state index contributed by atoms with van der Waals surface area (Å²) in [5.74, 6) is -0.368. The predicted octanol–water partition coefficient (Wildman–Crippen LogP) is -1.18. The molecule has 1 heterocycles. The first-order valence-electron chi connectivity index (χ1n) is 4.01. The fourth-order valence-corrected chi connectivity index (χ4v) is 1.48. The van der Waals surface area contributed by atoms with Crippen molar-refractivity contribution in [3.05, 3.63) is 6.92 Å². The molecule has 1 fully saturated rings. The van der Waals surface area contributed by atoms with E-state index in [1.165, 1.54) is 0 Å². The molecule has 0 aromatic heterocycles. The lowest BCUT2D eigenvalue weighted by atomic mass is 9.96. The molecule has 1 saturated heterocycles. The molecule has 0 aliphatic carbocycles. The van der Waals surface area contributed by atoms with Gasteiger partial charge < -0.3 is 20.1 Å². The SMILES string of the molecule is [CH][C@@H]1O[C@H](CCO)[C@H](CO)C1O. The van der Waals surface area contributed by atoms with Gasteiger partial charge in [0.2, 0.25) is 0 Å². The van der Waals surface area contributed by atoms with Crippen molar-refractivity contribution in [2.24, 2.45) is 5.92 Å². The zero-order valence-corrected chi connectivity index (χ0v) is 6.76. The Kier molecular flexibility index (Phi) is 3.46. The molecule has 4 nitrogen and oxygen atoms in total. The summed E-state index contributed by atoms with van der Waals surface area (Å²) in [4.78, 5) is 0. The van der Waals surface area contributed by atoms with Gasteiger partial charge in [0.05, 0.1) is 24.9 Å². The summed E-state index contributed by atoms with van der Waals surface area (Å²) in [6, 6.07) is 0. The highest BCUT2D eigenvalue weighted by Crippen LogP contribution is 2.28. The first-order chi connectivity index (χ1) is 5.70. The normalized spacial score (nSPS) is 42.0. The van der Waals surface area contributed by atoms with Crippen molar-refractivity contribution in [3.8, 4) is 0 Å². The third-order valence-corrected chi connectivity index (χ3v) is 2.21. The lowest BCUT2D eigenvalue weighted by Crippen LogP contribution is -2.29. The van der Waals surface area contributed by atoms with Crippen molar-refractivity contribution in [2.75, 3.05) is 13.2 Å². The van der Waals surface area contributed by atoms with E-state index in [0.717, 1.165) is 0 Å². The molecule has 0 amide bonds. The predicted molar refractivity (Wildman–Crippen MR) is 41.2 cm³/mol. The highest BCUT2D eigenvalue weighted by molar-refractivity contribution is 4.90. The second-order valence-electron chi connectivity index (χ2n) is 2.99. The molecule has 3 N–H and O–H groups in total. The molecule has 1 unspecified atom stereocenters. The van der Waals surface area contributed by atoms with Crippen LogP contribution in [0.5, 0.6) is 0 Å². The van der Waals surface area contributed by atoms with Crippen molar-refractivity contribution >= 4 is 0 Å². The number of rotatable bonds is 3. The van der Waals surface area contributed by atoms with Crippen molar-refractivity contribution in [3.63, 3.8) is 0 Å². The Morgan fingerprint density at radius 1 is 1.33 bits per heavy atom. The maximum Gasteiger partial charge on any atom is 0.0879 e. The van der Waals surface area contributed by atoms with Crippen LogP contribution in [0.25, 0.3) is 0 Å². The Morgan fingerprint density at radius 3 is 2.50 bits per heavy atom. The molecular formula is C8H14O4. The highest BCUT2D eigenvalue weighted by atomic mass is 16.5. The molecule has 0 spiro atoms. The summed E-state index contributed by atoms with van der Waals surface area (Å²) in [5.41, 5.74) is 0. The fourth-order valence-electron chi connectivity index (χ4n) is 1.48. The molecule has 2 radical (unpaired) electrons. The average molecular weight is 174 g/mol. The summed E-state index contributed by atoms with van der Waals surface area (Å²) in [5, 5.41) is 26.9. The van der Waals surface area contributed by atoms with Crippen LogP contribution >= 0.6 is 0 Å². The van der Waals surface area contributed by atoms with Crippen LogP contribution in [0.3, 0.4) is 0 Å². The third-order valence-electron chi connectivity index (χ3n) is 2.21. The van der Waals surface area contributed by atoms with Crippen LogP contribution in [0.2, 0.25) is 0 Å². The molecule has 1 aliphatic rings. The van der Waals surface area contributed by atoms with E-state index in [9.17, 15) is 5.11 Å². The first kappa shape index (κ1) is 9.92. The minimum atomic E-state index is -0.827. The molecule has 1 aliphatic heterocycles. The maximum absolute atomic E-state index is 9.36. The van der Waals surface area contributed by atoms with Gasteiger partial charge in [-0.25, -0.2) is 0 Å². The van der Waals surface area contributed by atoms with E-state index < -0.39 is 12.2 Å². The van der Waals surface area contributed by atoms with Crippen LogP contribution in [0, 0.1) is 12.8 Å². The van der Waals surface area contributed by atoms with Crippen molar-refractivity contribution in [1.29, 1.82) is 0 Å². The minimum absolute atomic E-state index is 0.0272. The maximum atomic E-state index is 9.36. The lowest BCUT2D eigenvalue weighted by Gasteiger charge is -2.16. The Bertz CT molecular complexity index is 139. The fraction of sp³-hybridized carbons (Fsp3) is 0.875. The monoisotopic (exact) mass is 174 g/mol. The summed E-state index contributed by atoms with van der Waals surface area (Å²) < 4.78 is 5.13. The standard InChI is InChI=1S/C8H14O4/c1-5-8(11)6(4-10)7(12-5)2-3-9/h1,5-11H,2-4H2/t5-,6-,7+,8?/m0/s1. The highest BCUT2D eigenvalue weighted by Gasteiger charge is 2.40. The number of hydrogen-bond donors (Lipinski definition) is 3. The summed E-state index contributed by atoms with van der Waals surface area (Å²) in [7, 11) is 0. The topological polar surface area (TPSA) is 69.9 Å². The zero-order chi connectivity index (χ0) is 9.14. The van der Waals surface area contributed by atoms with Crippen molar-refractivity contribution < 1.29 is 20.1 Å². The minimum Gasteiger partial charge on any atom is -0.396 e. The lowest BCUT2D eigenvalue weighted by molar-refractivity contribution is 0.0242. The Labute approximate surface area is 71.8 Å². The van der Waals surface area contributed by atoms with E-state index in [1.807, 2.05) is 0 Å². The molecule has 0 saturated carbocycles. The van der Waals surface area contributed by atoms with Crippen LogP contribution in [-0.4, -0.2) is 46.8 Å². The van der Waals surface area contributed by atoms with Gasteiger partial charge in [0.25, 0.3) is 0 Å². The summed E-state index contributed by atoms with van der Waals surface area (Å²) in [6.07, 6.45) is -1.49. The second-order valence-corrected chi connectivity index (χ2v) is 2.99. The second kappa shape index (κ2) is 4.18. The average Bonchev–Trinajstić information content (AvgIpc) is 2.29. The van der Waals surface area contributed by atoms with Gasteiger partial charge in [0.15, 0.2) is 0 Å². The largest absolute Gasteiger partial charge is 0.396 e. The summed E-state index contributed by atoms with van der Waals surface area (Å²) >= 11 is 0. The van der Waals surface area contributed by atoms with Gasteiger partial charge in [-0.15, -0.1) is 0 Å². The van der Waals surface area contributed by atoms with Crippen LogP contribution < -0.4 is 0 Å². The Morgan fingerprint density at radius 2 is 2.00 bits per heavy atom. The first-order valence-corrected chi connectivity index (χ1v) is 4.01. The van der Waals surface area contributed by atoms with E-state index in [-0.39, 0.29) is 25.2 Å². The molecule has 1 rings (SSSR count). The zero-order valence-electron chi connectivity index (χ0n) is 6.76. The Hall–Kier alpha value is -0.160. The molecule has 70 valence electrons. The van der Waals surface area contributed by atoms with Gasteiger partial charge in [-0.3, -0.25) is 0 Å². The van der Waals surface area contributed by atoms with Gasteiger partial charge >= 0.3 is 0 Å². The van der Waals surface area contributed by atoms with Gasteiger partial charge in [-0.2, -0.15) is 0 Å². The van der Waals surface area contributed by atoms with E-state index in [1.54, 1.807) is 0 Å². The van der Waals surface area contributed by atoms with Crippen LogP contribution in [-0.2, 0) is 4.74 Å². The molecular weight excluding hydrogens is 160 g/mol. The number of aliphatic hydroxyl groups is 3. The van der Waals surface area contributed by atoms with Crippen LogP contribution in [0.15, 0.2) is 0 Å². The number of ether oxygens (including phenoxy) is 1. The van der Waals surface area contributed by atoms with Crippen LogP contribution in [0.1, 0.15) is 6.42 Å². The van der Waals surface area contributed by atoms with Gasteiger partial charge in [-0.05, 0) is 13.3 Å². The van der Waals surface area contributed by atoms with E-state index in [4.69, 9.17) is 21.9 Å². The molecule has 12 heavy (non-hydrogen) atoms. The third kappa shape index (κ3) is 1.77. The van der Waals surface area contributed by atoms with Crippen molar-refractivity contribution in [1.82, 2.24) is 0 Å². The molecule has 4 atom stereocenters.